The average Bonchev–Trinajstić information content (AvgIpc) is 2.53. The first-order chi connectivity index (χ1) is 10.3. The minimum absolute atomic E-state index is 0.723. The van der Waals surface area contributed by atoms with Crippen molar-refractivity contribution < 1.29 is 9.47 Å². The SMILES string of the molecule is CCCNc1cncc(Nc2ccc(OC)cc2OC)c1. The van der Waals surface area contributed by atoms with E-state index in [0.29, 0.717) is 0 Å². The monoisotopic (exact) mass is 287 g/mol. The summed E-state index contributed by atoms with van der Waals surface area (Å²) in [5, 5.41) is 6.62. The fraction of sp³-hybridized carbons (Fsp3) is 0.312. The van der Waals surface area contributed by atoms with Gasteiger partial charge in [-0.05, 0) is 24.6 Å². The van der Waals surface area contributed by atoms with Crippen LogP contribution in [0.4, 0.5) is 17.1 Å². The fourth-order valence-corrected chi connectivity index (χ4v) is 1.93. The summed E-state index contributed by atoms with van der Waals surface area (Å²) in [6.07, 6.45) is 4.66. The summed E-state index contributed by atoms with van der Waals surface area (Å²) in [6.45, 7) is 3.06. The van der Waals surface area contributed by atoms with Crippen molar-refractivity contribution in [2.24, 2.45) is 0 Å². The van der Waals surface area contributed by atoms with Gasteiger partial charge >= 0.3 is 0 Å². The molecule has 21 heavy (non-hydrogen) atoms. The molecule has 0 aliphatic carbocycles. The van der Waals surface area contributed by atoms with E-state index in [2.05, 4.69) is 22.5 Å². The van der Waals surface area contributed by atoms with Crippen LogP contribution in [-0.2, 0) is 0 Å². The summed E-state index contributed by atoms with van der Waals surface area (Å²) in [6, 6.07) is 7.67. The van der Waals surface area contributed by atoms with Gasteiger partial charge in [0.25, 0.3) is 0 Å². The summed E-state index contributed by atoms with van der Waals surface area (Å²) in [7, 11) is 3.27. The van der Waals surface area contributed by atoms with Crippen LogP contribution in [-0.4, -0.2) is 25.7 Å². The van der Waals surface area contributed by atoms with Crippen molar-refractivity contribution in [1.82, 2.24) is 4.98 Å². The molecule has 0 saturated carbocycles. The van der Waals surface area contributed by atoms with Gasteiger partial charge in [-0.3, -0.25) is 4.98 Å². The van der Waals surface area contributed by atoms with Gasteiger partial charge in [0.05, 0.1) is 43.7 Å². The maximum Gasteiger partial charge on any atom is 0.145 e. The molecule has 2 aromatic rings. The Kier molecular flexibility index (Phi) is 5.26. The van der Waals surface area contributed by atoms with Gasteiger partial charge in [0.2, 0.25) is 0 Å². The van der Waals surface area contributed by atoms with E-state index in [9.17, 15) is 0 Å². The lowest BCUT2D eigenvalue weighted by Gasteiger charge is -2.13. The summed E-state index contributed by atoms with van der Waals surface area (Å²) in [4.78, 5) is 4.23. The van der Waals surface area contributed by atoms with E-state index < -0.39 is 0 Å². The summed E-state index contributed by atoms with van der Waals surface area (Å²) in [5.74, 6) is 1.48. The highest BCUT2D eigenvalue weighted by molar-refractivity contribution is 5.69. The number of nitrogens with one attached hydrogen (secondary N) is 2. The van der Waals surface area contributed by atoms with Crippen LogP contribution in [0.25, 0.3) is 0 Å². The van der Waals surface area contributed by atoms with Crippen LogP contribution < -0.4 is 20.1 Å². The average molecular weight is 287 g/mol. The van der Waals surface area contributed by atoms with Crippen molar-refractivity contribution in [1.29, 1.82) is 0 Å². The number of aromatic nitrogens is 1. The molecule has 0 amide bonds. The van der Waals surface area contributed by atoms with Crippen molar-refractivity contribution in [3.05, 3.63) is 36.7 Å². The molecule has 1 aromatic heterocycles. The second-order valence-corrected chi connectivity index (χ2v) is 4.58. The predicted octanol–water partition coefficient (Wildman–Crippen LogP) is 3.66. The molecule has 0 radical (unpaired) electrons. The van der Waals surface area contributed by atoms with Crippen LogP contribution in [0.15, 0.2) is 36.7 Å². The zero-order valence-corrected chi connectivity index (χ0v) is 12.6. The minimum atomic E-state index is 0.723. The predicted molar refractivity (Wildman–Crippen MR) is 85.8 cm³/mol. The Labute approximate surface area is 125 Å². The van der Waals surface area contributed by atoms with E-state index in [1.54, 1.807) is 20.4 Å². The fourth-order valence-electron chi connectivity index (χ4n) is 1.93. The molecule has 0 saturated heterocycles. The molecule has 112 valence electrons. The second kappa shape index (κ2) is 7.38. The Bertz CT molecular complexity index is 587. The molecule has 0 bridgehead atoms. The quantitative estimate of drug-likeness (QED) is 0.814. The molecular weight excluding hydrogens is 266 g/mol. The first-order valence-electron chi connectivity index (χ1n) is 6.94. The van der Waals surface area contributed by atoms with Crippen LogP contribution in [0.1, 0.15) is 13.3 Å². The molecule has 2 N–H and O–H groups in total. The number of hydrogen-bond donors (Lipinski definition) is 2. The molecular formula is C16H21N3O2. The second-order valence-electron chi connectivity index (χ2n) is 4.58. The summed E-state index contributed by atoms with van der Waals surface area (Å²) >= 11 is 0. The third-order valence-electron chi connectivity index (χ3n) is 3.01. The molecule has 0 unspecified atom stereocenters. The van der Waals surface area contributed by atoms with Crippen LogP contribution >= 0.6 is 0 Å². The first kappa shape index (κ1) is 15.0. The molecule has 0 aliphatic heterocycles. The number of anilines is 3. The van der Waals surface area contributed by atoms with E-state index in [1.165, 1.54) is 0 Å². The van der Waals surface area contributed by atoms with Crippen LogP contribution in [0.3, 0.4) is 0 Å². The molecule has 1 aromatic carbocycles. The number of nitrogens with zero attached hydrogens (tertiary/aromatic N) is 1. The maximum atomic E-state index is 5.38. The van der Waals surface area contributed by atoms with Gasteiger partial charge in [0.15, 0.2) is 0 Å². The van der Waals surface area contributed by atoms with Gasteiger partial charge in [-0.2, -0.15) is 0 Å². The van der Waals surface area contributed by atoms with E-state index >= 15 is 0 Å². The normalized spacial score (nSPS) is 10.0. The van der Waals surface area contributed by atoms with E-state index in [4.69, 9.17) is 9.47 Å². The van der Waals surface area contributed by atoms with Crippen molar-refractivity contribution in [3.63, 3.8) is 0 Å². The van der Waals surface area contributed by atoms with Gasteiger partial charge < -0.3 is 20.1 Å². The first-order valence-corrected chi connectivity index (χ1v) is 6.94. The van der Waals surface area contributed by atoms with Crippen molar-refractivity contribution in [2.45, 2.75) is 13.3 Å². The molecule has 2 rings (SSSR count). The number of ether oxygens (including phenoxy) is 2. The smallest absolute Gasteiger partial charge is 0.145 e. The molecule has 5 heteroatoms. The highest BCUT2D eigenvalue weighted by Crippen LogP contribution is 2.31. The van der Waals surface area contributed by atoms with Gasteiger partial charge in [-0.25, -0.2) is 0 Å². The largest absolute Gasteiger partial charge is 0.497 e. The standard InChI is InChI=1S/C16H21N3O2/c1-4-7-18-12-8-13(11-17-10-12)19-15-6-5-14(20-2)9-16(15)21-3/h5-6,8-11,18-19H,4,7H2,1-3H3. The lowest BCUT2D eigenvalue weighted by atomic mass is 10.2. The number of rotatable bonds is 7. The lowest BCUT2D eigenvalue weighted by molar-refractivity contribution is 0.395. The number of methoxy groups -OCH3 is 2. The van der Waals surface area contributed by atoms with Gasteiger partial charge in [0.1, 0.15) is 11.5 Å². The Balaban J connectivity index is 2.17. The third kappa shape index (κ3) is 4.02. The molecule has 0 spiro atoms. The highest BCUT2D eigenvalue weighted by atomic mass is 16.5. The Hall–Kier alpha value is -2.43. The molecule has 0 aliphatic rings. The molecule has 0 fully saturated rings. The molecule has 5 nitrogen and oxygen atoms in total. The Morgan fingerprint density at radius 1 is 1.05 bits per heavy atom. The topological polar surface area (TPSA) is 55.4 Å². The molecule has 1 heterocycles. The Morgan fingerprint density at radius 2 is 1.86 bits per heavy atom. The van der Waals surface area contributed by atoms with Crippen LogP contribution in [0, 0.1) is 0 Å². The van der Waals surface area contributed by atoms with E-state index in [0.717, 1.165) is 41.5 Å². The third-order valence-corrected chi connectivity index (χ3v) is 3.01. The zero-order valence-electron chi connectivity index (χ0n) is 12.6. The van der Waals surface area contributed by atoms with Gasteiger partial charge in [-0.15, -0.1) is 0 Å². The van der Waals surface area contributed by atoms with Crippen LogP contribution in [0.5, 0.6) is 11.5 Å². The Morgan fingerprint density at radius 3 is 2.57 bits per heavy atom. The van der Waals surface area contributed by atoms with Gasteiger partial charge in [-0.1, -0.05) is 6.92 Å². The van der Waals surface area contributed by atoms with E-state index in [-0.39, 0.29) is 0 Å². The van der Waals surface area contributed by atoms with E-state index in [1.807, 2.05) is 30.5 Å². The highest BCUT2D eigenvalue weighted by Gasteiger charge is 2.06. The minimum Gasteiger partial charge on any atom is -0.497 e. The number of hydrogen-bond acceptors (Lipinski definition) is 5. The summed E-state index contributed by atoms with van der Waals surface area (Å²) < 4.78 is 10.6. The van der Waals surface area contributed by atoms with Crippen molar-refractivity contribution in [3.8, 4) is 11.5 Å². The lowest BCUT2D eigenvalue weighted by Crippen LogP contribution is -2.01. The van der Waals surface area contributed by atoms with Crippen molar-refractivity contribution in [2.75, 3.05) is 31.4 Å². The van der Waals surface area contributed by atoms with Crippen molar-refractivity contribution >= 4 is 17.1 Å². The summed E-state index contributed by atoms with van der Waals surface area (Å²) in [5.41, 5.74) is 2.77. The maximum absolute atomic E-state index is 5.38. The molecule has 0 atom stereocenters. The number of pyridine rings is 1. The van der Waals surface area contributed by atoms with Crippen LogP contribution in [0.2, 0.25) is 0 Å². The van der Waals surface area contributed by atoms with Gasteiger partial charge in [0, 0.05) is 12.6 Å². The number of benzene rings is 1. The zero-order chi connectivity index (χ0) is 15.1.